The molecule has 1 saturated carbocycles. The van der Waals surface area contributed by atoms with Crippen molar-refractivity contribution in [2.45, 2.75) is 51.0 Å². The van der Waals surface area contributed by atoms with Crippen molar-refractivity contribution in [1.29, 1.82) is 0 Å². The Morgan fingerprint density at radius 3 is 2.50 bits per heavy atom. The third kappa shape index (κ3) is 3.61. The number of likely N-dealkylation sites (tertiary alicyclic amines) is 1. The van der Waals surface area contributed by atoms with Gasteiger partial charge in [0, 0.05) is 25.0 Å². The molecule has 1 aliphatic heterocycles. The zero-order valence-corrected chi connectivity index (χ0v) is 15.9. The summed E-state index contributed by atoms with van der Waals surface area (Å²) in [5, 5.41) is 2.93. The van der Waals surface area contributed by atoms with Crippen LogP contribution < -0.4 is 10.9 Å². The molecule has 0 aromatic carbocycles. The van der Waals surface area contributed by atoms with Gasteiger partial charge in [0.15, 0.2) is 5.76 Å². The molecule has 2 aromatic heterocycles. The molecule has 3 heterocycles. The Kier molecular flexibility index (Phi) is 5.07. The summed E-state index contributed by atoms with van der Waals surface area (Å²) in [7, 11) is 0. The van der Waals surface area contributed by atoms with Crippen LogP contribution in [0.2, 0.25) is 0 Å². The zero-order chi connectivity index (χ0) is 19.7. The number of hydrogen-bond donors (Lipinski definition) is 1. The number of amides is 2. The van der Waals surface area contributed by atoms with Crippen LogP contribution in [-0.2, 0) is 0 Å². The van der Waals surface area contributed by atoms with Crippen LogP contribution in [0.25, 0.3) is 0 Å². The summed E-state index contributed by atoms with van der Waals surface area (Å²) in [5.74, 6) is 0.775. The molecule has 1 aliphatic carbocycles. The molecule has 7 nitrogen and oxygen atoms in total. The molecule has 2 aliphatic rings. The molecule has 2 fully saturated rings. The minimum absolute atomic E-state index is 0.0807. The normalized spacial score (nSPS) is 18.0. The summed E-state index contributed by atoms with van der Waals surface area (Å²) in [6, 6.07) is 5.07. The van der Waals surface area contributed by atoms with Crippen molar-refractivity contribution in [3.8, 4) is 0 Å². The maximum Gasteiger partial charge on any atom is 0.349 e. The summed E-state index contributed by atoms with van der Waals surface area (Å²) in [6.45, 7) is 2.83. The van der Waals surface area contributed by atoms with Crippen molar-refractivity contribution in [2.75, 3.05) is 13.1 Å². The Balaban J connectivity index is 1.37. The quantitative estimate of drug-likeness (QED) is 0.875. The molecule has 28 heavy (non-hydrogen) atoms. The first kappa shape index (κ1) is 18.5. The van der Waals surface area contributed by atoms with Gasteiger partial charge in [0.05, 0.1) is 6.26 Å². The van der Waals surface area contributed by atoms with Crippen molar-refractivity contribution < 1.29 is 18.4 Å². The third-order valence-electron chi connectivity index (χ3n) is 5.75. The topological polar surface area (TPSA) is 92.8 Å². The third-order valence-corrected chi connectivity index (χ3v) is 5.75. The van der Waals surface area contributed by atoms with Gasteiger partial charge in [-0.15, -0.1) is 0 Å². The van der Waals surface area contributed by atoms with E-state index in [4.69, 9.17) is 8.83 Å². The lowest BCUT2D eigenvalue weighted by molar-refractivity contribution is 0.0667. The number of nitrogens with one attached hydrogen (secondary N) is 1. The van der Waals surface area contributed by atoms with Crippen molar-refractivity contribution >= 4 is 11.8 Å². The van der Waals surface area contributed by atoms with E-state index in [2.05, 4.69) is 5.32 Å². The summed E-state index contributed by atoms with van der Waals surface area (Å²) in [4.78, 5) is 39.0. The second kappa shape index (κ2) is 7.66. The highest BCUT2D eigenvalue weighted by Crippen LogP contribution is 2.36. The standard InChI is InChI=1S/C21H24N2O5/c1-13-12-17(14-4-2-5-14)28-21(26)18(13)19(24)22-15-7-9-23(10-8-15)20(25)16-6-3-11-27-16/h3,6,11-12,14-15H,2,4-5,7-10H2,1H3,(H,22,24). The molecule has 2 aromatic rings. The number of carbonyl (C=O) groups is 2. The average molecular weight is 384 g/mol. The van der Waals surface area contributed by atoms with Gasteiger partial charge in [-0.2, -0.15) is 0 Å². The molecule has 1 N–H and O–H groups in total. The predicted octanol–water partition coefficient (Wildman–Crippen LogP) is 2.84. The lowest BCUT2D eigenvalue weighted by Crippen LogP contribution is -2.47. The number of piperidine rings is 1. The molecule has 0 spiro atoms. The highest BCUT2D eigenvalue weighted by molar-refractivity contribution is 5.95. The van der Waals surface area contributed by atoms with Crippen LogP contribution in [0.4, 0.5) is 0 Å². The number of carbonyl (C=O) groups excluding carboxylic acids is 2. The van der Waals surface area contributed by atoms with E-state index < -0.39 is 11.5 Å². The number of rotatable bonds is 4. The fourth-order valence-corrected chi connectivity index (χ4v) is 3.84. The second-order valence-electron chi connectivity index (χ2n) is 7.64. The molecule has 0 bridgehead atoms. The fourth-order valence-electron chi connectivity index (χ4n) is 3.84. The van der Waals surface area contributed by atoms with Gasteiger partial charge in [0.25, 0.3) is 11.8 Å². The molecule has 2 amide bonds. The first-order valence-electron chi connectivity index (χ1n) is 9.81. The van der Waals surface area contributed by atoms with Gasteiger partial charge in [0.2, 0.25) is 0 Å². The van der Waals surface area contributed by atoms with E-state index in [-0.39, 0.29) is 17.5 Å². The lowest BCUT2D eigenvalue weighted by atomic mass is 9.83. The summed E-state index contributed by atoms with van der Waals surface area (Å²) in [5.41, 5.74) is 0.170. The largest absolute Gasteiger partial charge is 0.459 e. The van der Waals surface area contributed by atoms with E-state index in [9.17, 15) is 14.4 Å². The molecule has 0 unspecified atom stereocenters. The Bertz CT molecular complexity index is 919. The number of nitrogens with zero attached hydrogens (tertiary/aromatic N) is 1. The van der Waals surface area contributed by atoms with Gasteiger partial charge >= 0.3 is 5.63 Å². The maximum absolute atomic E-state index is 12.7. The Labute approximate surface area is 162 Å². The van der Waals surface area contributed by atoms with E-state index in [0.29, 0.717) is 48.9 Å². The van der Waals surface area contributed by atoms with Gasteiger partial charge in [-0.1, -0.05) is 6.42 Å². The van der Waals surface area contributed by atoms with Crippen LogP contribution in [0, 0.1) is 6.92 Å². The van der Waals surface area contributed by atoms with Crippen LogP contribution in [0.1, 0.15) is 70.3 Å². The van der Waals surface area contributed by atoms with Gasteiger partial charge < -0.3 is 19.1 Å². The molecule has 4 rings (SSSR count). The fraction of sp³-hybridized carbons (Fsp3) is 0.476. The highest BCUT2D eigenvalue weighted by atomic mass is 16.4. The smallest absolute Gasteiger partial charge is 0.349 e. The molecule has 148 valence electrons. The van der Waals surface area contributed by atoms with E-state index in [1.54, 1.807) is 24.0 Å². The number of furan rings is 1. The van der Waals surface area contributed by atoms with Gasteiger partial charge in [-0.05, 0) is 56.4 Å². The summed E-state index contributed by atoms with van der Waals surface area (Å²) in [6.07, 6.45) is 5.94. The van der Waals surface area contributed by atoms with Crippen molar-refractivity contribution in [2.24, 2.45) is 0 Å². The highest BCUT2D eigenvalue weighted by Gasteiger charge is 2.28. The first-order valence-corrected chi connectivity index (χ1v) is 9.81. The second-order valence-corrected chi connectivity index (χ2v) is 7.64. The zero-order valence-electron chi connectivity index (χ0n) is 15.9. The lowest BCUT2D eigenvalue weighted by Gasteiger charge is -2.32. The van der Waals surface area contributed by atoms with Crippen molar-refractivity contribution in [3.63, 3.8) is 0 Å². The van der Waals surface area contributed by atoms with E-state index in [1.807, 2.05) is 6.07 Å². The summed E-state index contributed by atoms with van der Waals surface area (Å²) < 4.78 is 10.6. The monoisotopic (exact) mass is 384 g/mol. The van der Waals surface area contributed by atoms with Crippen LogP contribution in [0.15, 0.2) is 38.1 Å². The van der Waals surface area contributed by atoms with Crippen LogP contribution in [0.5, 0.6) is 0 Å². The predicted molar refractivity (Wildman–Crippen MR) is 101 cm³/mol. The maximum atomic E-state index is 12.7. The minimum Gasteiger partial charge on any atom is -0.459 e. The molecule has 7 heteroatoms. The molecular weight excluding hydrogens is 360 g/mol. The van der Waals surface area contributed by atoms with E-state index in [0.717, 1.165) is 19.3 Å². The number of hydrogen-bond acceptors (Lipinski definition) is 5. The van der Waals surface area contributed by atoms with Crippen molar-refractivity contribution in [3.05, 3.63) is 57.5 Å². The SMILES string of the molecule is Cc1cc(C2CCC2)oc(=O)c1C(=O)NC1CCN(C(=O)c2ccco2)CC1. The first-order chi connectivity index (χ1) is 13.5. The average Bonchev–Trinajstić information content (AvgIpc) is 3.14. The number of aryl methyl sites for hydroxylation is 1. The Morgan fingerprint density at radius 1 is 1.18 bits per heavy atom. The van der Waals surface area contributed by atoms with Crippen molar-refractivity contribution in [1.82, 2.24) is 10.2 Å². The molecule has 0 radical (unpaired) electrons. The van der Waals surface area contributed by atoms with Crippen LogP contribution >= 0.6 is 0 Å². The van der Waals surface area contributed by atoms with Gasteiger partial charge in [-0.3, -0.25) is 9.59 Å². The molecular formula is C21H24N2O5. The van der Waals surface area contributed by atoms with Gasteiger partial charge in [-0.25, -0.2) is 4.79 Å². The molecule has 1 saturated heterocycles. The van der Waals surface area contributed by atoms with Crippen LogP contribution in [-0.4, -0.2) is 35.8 Å². The van der Waals surface area contributed by atoms with E-state index in [1.165, 1.54) is 6.26 Å². The van der Waals surface area contributed by atoms with E-state index >= 15 is 0 Å². The Hall–Kier alpha value is -2.83. The molecule has 0 atom stereocenters. The minimum atomic E-state index is -0.565. The van der Waals surface area contributed by atoms with Gasteiger partial charge in [0.1, 0.15) is 11.3 Å². The van der Waals surface area contributed by atoms with Crippen LogP contribution in [0.3, 0.4) is 0 Å². The Morgan fingerprint density at radius 2 is 1.93 bits per heavy atom. The summed E-state index contributed by atoms with van der Waals surface area (Å²) >= 11 is 0.